The Morgan fingerprint density at radius 3 is 2.32 bits per heavy atom. The SMILES string of the molecule is CC(C)N(C)S(=O)(=O)NCC(O)c1ccc(N)cc1. The van der Waals surface area contributed by atoms with Gasteiger partial charge in [0.1, 0.15) is 0 Å². The number of hydrogen-bond acceptors (Lipinski definition) is 4. The van der Waals surface area contributed by atoms with E-state index in [1.54, 1.807) is 38.1 Å². The van der Waals surface area contributed by atoms with E-state index in [0.29, 0.717) is 11.3 Å². The van der Waals surface area contributed by atoms with Gasteiger partial charge in [0.25, 0.3) is 10.2 Å². The third-order valence-corrected chi connectivity index (χ3v) is 4.60. The monoisotopic (exact) mass is 287 g/mol. The fourth-order valence-electron chi connectivity index (χ4n) is 1.40. The van der Waals surface area contributed by atoms with Crippen molar-refractivity contribution in [2.75, 3.05) is 19.3 Å². The molecule has 1 aromatic rings. The molecule has 0 radical (unpaired) electrons. The minimum atomic E-state index is -3.57. The highest BCUT2D eigenvalue weighted by molar-refractivity contribution is 7.87. The number of hydrogen-bond donors (Lipinski definition) is 3. The third kappa shape index (κ3) is 4.46. The van der Waals surface area contributed by atoms with E-state index in [4.69, 9.17) is 5.73 Å². The predicted octanol–water partition coefficient (Wildman–Crippen LogP) is 0.477. The normalized spacial score (nSPS) is 14.0. The van der Waals surface area contributed by atoms with Crippen molar-refractivity contribution in [1.29, 1.82) is 0 Å². The molecule has 0 aromatic heterocycles. The van der Waals surface area contributed by atoms with Gasteiger partial charge in [0, 0.05) is 25.3 Å². The lowest BCUT2D eigenvalue weighted by atomic mass is 10.1. The molecule has 0 heterocycles. The molecule has 1 atom stereocenters. The van der Waals surface area contributed by atoms with E-state index >= 15 is 0 Å². The molecule has 1 aromatic carbocycles. The maximum absolute atomic E-state index is 11.8. The van der Waals surface area contributed by atoms with Crippen LogP contribution in [0.4, 0.5) is 5.69 Å². The highest BCUT2D eigenvalue weighted by Gasteiger charge is 2.21. The van der Waals surface area contributed by atoms with E-state index < -0.39 is 16.3 Å². The first kappa shape index (κ1) is 15.9. The van der Waals surface area contributed by atoms with Crippen LogP contribution in [0.3, 0.4) is 0 Å². The minimum Gasteiger partial charge on any atom is -0.399 e. The molecule has 1 unspecified atom stereocenters. The number of anilines is 1. The molecule has 7 heteroatoms. The maximum Gasteiger partial charge on any atom is 0.279 e. The van der Waals surface area contributed by atoms with Crippen LogP contribution < -0.4 is 10.5 Å². The molecule has 1 rings (SSSR count). The van der Waals surface area contributed by atoms with Gasteiger partial charge in [-0.3, -0.25) is 0 Å². The van der Waals surface area contributed by atoms with E-state index in [-0.39, 0.29) is 12.6 Å². The lowest BCUT2D eigenvalue weighted by molar-refractivity contribution is 0.181. The molecule has 6 nitrogen and oxygen atoms in total. The van der Waals surface area contributed by atoms with Gasteiger partial charge in [-0.1, -0.05) is 12.1 Å². The minimum absolute atomic E-state index is 0.0800. The quantitative estimate of drug-likeness (QED) is 0.663. The highest BCUT2D eigenvalue weighted by Crippen LogP contribution is 2.14. The Morgan fingerprint density at radius 2 is 1.84 bits per heavy atom. The number of aliphatic hydroxyl groups excluding tert-OH is 1. The zero-order chi connectivity index (χ0) is 14.6. The first-order chi connectivity index (χ1) is 8.74. The summed E-state index contributed by atoms with van der Waals surface area (Å²) in [6.45, 7) is 3.47. The first-order valence-corrected chi connectivity index (χ1v) is 7.44. The molecule has 0 saturated carbocycles. The van der Waals surface area contributed by atoms with Crippen molar-refractivity contribution in [1.82, 2.24) is 9.03 Å². The molecular formula is C12H21N3O3S. The number of rotatable bonds is 6. The van der Waals surface area contributed by atoms with Crippen LogP contribution in [0.25, 0.3) is 0 Å². The summed E-state index contributed by atoms with van der Waals surface area (Å²) in [6.07, 6.45) is -0.907. The summed E-state index contributed by atoms with van der Waals surface area (Å²) in [7, 11) is -2.08. The average molecular weight is 287 g/mol. The molecule has 0 spiro atoms. The smallest absolute Gasteiger partial charge is 0.279 e. The first-order valence-electron chi connectivity index (χ1n) is 6.00. The number of nitrogens with zero attached hydrogens (tertiary/aromatic N) is 1. The van der Waals surface area contributed by atoms with E-state index in [1.807, 2.05) is 0 Å². The maximum atomic E-state index is 11.8. The van der Waals surface area contributed by atoms with Crippen LogP contribution in [0.15, 0.2) is 24.3 Å². The van der Waals surface area contributed by atoms with Crippen LogP contribution >= 0.6 is 0 Å². The second-order valence-electron chi connectivity index (χ2n) is 4.65. The van der Waals surface area contributed by atoms with Crippen molar-refractivity contribution in [3.8, 4) is 0 Å². The molecule has 0 aliphatic heterocycles. The predicted molar refractivity (Wildman–Crippen MR) is 75.6 cm³/mol. The molecule has 0 fully saturated rings. The van der Waals surface area contributed by atoms with Crippen LogP contribution in [0.1, 0.15) is 25.5 Å². The Balaban J connectivity index is 2.64. The second kappa shape index (κ2) is 6.33. The van der Waals surface area contributed by atoms with Gasteiger partial charge in [0.05, 0.1) is 6.10 Å². The highest BCUT2D eigenvalue weighted by atomic mass is 32.2. The molecule has 0 aliphatic rings. The van der Waals surface area contributed by atoms with Gasteiger partial charge in [-0.25, -0.2) is 0 Å². The van der Waals surface area contributed by atoms with E-state index in [1.165, 1.54) is 11.4 Å². The van der Waals surface area contributed by atoms with Crippen molar-refractivity contribution in [2.24, 2.45) is 0 Å². The van der Waals surface area contributed by atoms with Crippen molar-refractivity contribution in [3.63, 3.8) is 0 Å². The Kier molecular flexibility index (Phi) is 5.30. The van der Waals surface area contributed by atoms with E-state index in [0.717, 1.165) is 0 Å². The number of aliphatic hydroxyl groups is 1. The summed E-state index contributed by atoms with van der Waals surface area (Å²) >= 11 is 0. The summed E-state index contributed by atoms with van der Waals surface area (Å²) in [4.78, 5) is 0. The Labute approximate surface area is 114 Å². The molecule has 0 saturated heterocycles. The van der Waals surface area contributed by atoms with Crippen molar-refractivity contribution < 1.29 is 13.5 Å². The Morgan fingerprint density at radius 1 is 1.32 bits per heavy atom. The van der Waals surface area contributed by atoms with Gasteiger partial charge in [-0.2, -0.15) is 17.4 Å². The zero-order valence-corrected chi connectivity index (χ0v) is 12.2. The lowest BCUT2D eigenvalue weighted by Crippen LogP contribution is -2.43. The van der Waals surface area contributed by atoms with Crippen LogP contribution in [0.5, 0.6) is 0 Å². The third-order valence-electron chi connectivity index (χ3n) is 2.89. The number of nitrogens with one attached hydrogen (secondary N) is 1. The molecule has 4 N–H and O–H groups in total. The van der Waals surface area contributed by atoms with Crippen molar-refractivity contribution in [2.45, 2.75) is 26.0 Å². The van der Waals surface area contributed by atoms with Gasteiger partial charge in [-0.15, -0.1) is 0 Å². The van der Waals surface area contributed by atoms with E-state index in [9.17, 15) is 13.5 Å². The number of nitrogens with two attached hydrogens (primary N) is 1. The Bertz CT molecular complexity index is 499. The average Bonchev–Trinajstić information content (AvgIpc) is 2.35. The fraction of sp³-hybridized carbons (Fsp3) is 0.500. The fourth-order valence-corrected chi connectivity index (χ4v) is 2.53. The standard InChI is InChI=1S/C12H21N3O3S/c1-9(2)15(3)19(17,18)14-8-12(16)10-4-6-11(13)7-5-10/h4-7,9,12,14,16H,8,13H2,1-3H3. The Hall–Kier alpha value is -1.15. The summed E-state index contributed by atoms with van der Waals surface area (Å²) in [5.41, 5.74) is 6.75. The lowest BCUT2D eigenvalue weighted by Gasteiger charge is -2.22. The summed E-state index contributed by atoms with van der Waals surface area (Å²) in [5.74, 6) is 0. The summed E-state index contributed by atoms with van der Waals surface area (Å²) in [5, 5.41) is 9.91. The van der Waals surface area contributed by atoms with Gasteiger partial charge < -0.3 is 10.8 Å². The zero-order valence-electron chi connectivity index (χ0n) is 11.4. The van der Waals surface area contributed by atoms with E-state index in [2.05, 4.69) is 4.72 Å². The molecular weight excluding hydrogens is 266 g/mol. The van der Waals surface area contributed by atoms with Crippen molar-refractivity contribution in [3.05, 3.63) is 29.8 Å². The topological polar surface area (TPSA) is 95.7 Å². The van der Waals surface area contributed by atoms with Gasteiger partial charge >= 0.3 is 0 Å². The van der Waals surface area contributed by atoms with Crippen molar-refractivity contribution >= 4 is 15.9 Å². The van der Waals surface area contributed by atoms with Gasteiger partial charge in [-0.05, 0) is 31.5 Å². The molecule has 19 heavy (non-hydrogen) atoms. The van der Waals surface area contributed by atoms with Gasteiger partial charge in [0.15, 0.2) is 0 Å². The van der Waals surface area contributed by atoms with Crippen LogP contribution in [0, 0.1) is 0 Å². The van der Waals surface area contributed by atoms with Crippen LogP contribution in [0.2, 0.25) is 0 Å². The van der Waals surface area contributed by atoms with Crippen LogP contribution in [-0.4, -0.2) is 37.5 Å². The largest absolute Gasteiger partial charge is 0.399 e. The summed E-state index contributed by atoms with van der Waals surface area (Å²) in [6, 6.07) is 6.51. The number of benzene rings is 1. The molecule has 0 amide bonds. The summed E-state index contributed by atoms with van der Waals surface area (Å²) < 4.78 is 27.3. The molecule has 108 valence electrons. The van der Waals surface area contributed by atoms with Gasteiger partial charge in [0.2, 0.25) is 0 Å². The second-order valence-corrected chi connectivity index (χ2v) is 6.46. The molecule has 0 bridgehead atoms. The number of nitrogen functional groups attached to an aromatic ring is 1. The van der Waals surface area contributed by atoms with Crippen LogP contribution in [-0.2, 0) is 10.2 Å². The molecule has 0 aliphatic carbocycles.